The third-order valence-corrected chi connectivity index (χ3v) is 3.80. The normalized spacial score (nSPS) is 13.4. The van der Waals surface area contributed by atoms with E-state index in [-0.39, 0.29) is 30.6 Å². The molecule has 2 aromatic carbocycles. The summed E-state index contributed by atoms with van der Waals surface area (Å²) < 4.78 is 18.8. The van der Waals surface area contributed by atoms with Crippen LogP contribution in [-0.2, 0) is 11.2 Å². The number of aryl methyl sites for hydroxylation is 1. The minimum Gasteiger partial charge on any atom is -0.426 e. The van der Waals surface area contributed by atoms with Crippen LogP contribution in [-0.4, -0.2) is 17.9 Å². The number of hydrogen-bond donors (Lipinski definition) is 1. The quantitative estimate of drug-likeness (QED) is 0.654. The second kappa shape index (κ2) is 7.25. The molecule has 1 N–H and O–H groups in total. The predicted molar refractivity (Wildman–Crippen MR) is 87.3 cm³/mol. The molecule has 1 fully saturated rings. The minimum atomic E-state index is -0.460. The Balaban J connectivity index is 1.56. The Morgan fingerprint density at radius 1 is 1.12 bits per heavy atom. The smallest absolute Gasteiger partial charge is 0.311 e. The monoisotopic (exact) mass is 327 g/mol. The van der Waals surface area contributed by atoms with Crippen LogP contribution in [0, 0.1) is 5.82 Å². The molecule has 1 aliphatic carbocycles. The molecule has 0 bridgehead atoms. The molecule has 124 valence electrons. The first-order chi connectivity index (χ1) is 11.6. The van der Waals surface area contributed by atoms with Gasteiger partial charge >= 0.3 is 5.97 Å². The molecule has 0 unspecified atom stereocenters. The van der Waals surface area contributed by atoms with Gasteiger partial charge in [-0.1, -0.05) is 24.3 Å². The van der Waals surface area contributed by atoms with Crippen molar-refractivity contribution in [1.29, 1.82) is 0 Å². The number of rotatable bonds is 6. The van der Waals surface area contributed by atoms with Crippen molar-refractivity contribution in [3.8, 4) is 5.75 Å². The van der Waals surface area contributed by atoms with E-state index >= 15 is 0 Å². The lowest BCUT2D eigenvalue weighted by molar-refractivity contribution is -0.134. The van der Waals surface area contributed by atoms with Crippen LogP contribution in [0.4, 0.5) is 4.39 Å². The Labute approximate surface area is 139 Å². The fourth-order valence-corrected chi connectivity index (χ4v) is 2.32. The van der Waals surface area contributed by atoms with Crippen molar-refractivity contribution in [3.63, 3.8) is 0 Å². The SMILES string of the molecule is O=C(CCc1ccccc1F)Oc1cccc(C(=O)NC2CC2)c1. The fourth-order valence-electron chi connectivity index (χ4n) is 2.32. The zero-order valence-corrected chi connectivity index (χ0v) is 13.1. The van der Waals surface area contributed by atoms with Gasteiger partial charge in [-0.2, -0.15) is 0 Å². The van der Waals surface area contributed by atoms with E-state index < -0.39 is 5.97 Å². The topological polar surface area (TPSA) is 55.4 Å². The molecule has 3 rings (SSSR count). The number of nitrogens with one attached hydrogen (secondary N) is 1. The Morgan fingerprint density at radius 2 is 1.92 bits per heavy atom. The molecule has 5 heteroatoms. The van der Waals surface area contributed by atoms with Crippen molar-refractivity contribution in [3.05, 3.63) is 65.5 Å². The lowest BCUT2D eigenvalue weighted by Gasteiger charge is -2.07. The average Bonchev–Trinajstić information content (AvgIpc) is 3.38. The van der Waals surface area contributed by atoms with Gasteiger partial charge < -0.3 is 10.1 Å². The van der Waals surface area contributed by atoms with Crippen molar-refractivity contribution in [1.82, 2.24) is 5.32 Å². The van der Waals surface area contributed by atoms with E-state index in [0.717, 1.165) is 12.8 Å². The van der Waals surface area contributed by atoms with Gasteiger partial charge in [0.1, 0.15) is 11.6 Å². The van der Waals surface area contributed by atoms with Gasteiger partial charge in [-0.05, 0) is 49.1 Å². The Kier molecular flexibility index (Phi) is 4.89. The minimum absolute atomic E-state index is 0.0689. The molecule has 1 saturated carbocycles. The number of esters is 1. The van der Waals surface area contributed by atoms with E-state index in [2.05, 4.69) is 5.32 Å². The maximum atomic E-state index is 13.5. The average molecular weight is 327 g/mol. The van der Waals surface area contributed by atoms with Crippen molar-refractivity contribution in [2.24, 2.45) is 0 Å². The molecule has 0 saturated heterocycles. The summed E-state index contributed by atoms with van der Waals surface area (Å²) in [6.45, 7) is 0. The van der Waals surface area contributed by atoms with E-state index in [1.54, 1.807) is 42.5 Å². The van der Waals surface area contributed by atoms with E-state index in [0.29, 0.717) is 16.9 Å². The number of halogens is 1. The molecule has 0 heterocycles. The van der Waals surface area contributed by atoms with E-state index in [1.165, 1.54) is 6.07 Å². The molecular formula is C19H18FNO3. The third-order valence-electron chi connectivity index (χ3n) is 3.80. The first-order valence-electron chi connectivity index (χ1n) is 7.97. The summed E-state index contributed by atoms with van der Waals surface area (Å²) in [5.41, 5.74) is 0.938. The van der Waals surface area contributed by atoms with Crippen LogP contribution < -0.4 is 10.1 Å². The van der Waals surface area contributed by atoms with E-state index in [9.17, 15) is 14.0 Å². The standard InChI is InChI=1S/C19H18FNO3/c20-17-7-2-1-4-13(17)8-11-18(22)24-16-6-3-5-14(12-16)19(23)21-15-9-10-15/h1-7,12,15H,8-11H2,(H,21,23). The third kappa shape index (κ3) is 4.41. The molecule has 4 nitrogen and oxygen atoms in total. The van der Waals surface area contributed by atoms with Crippen LogP contribution in [0.2, 0.25) is 0 Å². The fraction of sp³-hybridized carbons (Fsp3) is 0.263. The maximum Gasteiger partial charge on any atom is 0.311 e. The molecule has 0 atom stereocenters. The van der Waals surface area contributed by atoms with E-state index in [4.69, 9.17) is 4.74 Å². The van der Waals surface area contributed by atoms with Gasteiger partial charge in [-0.3, -0.25) is 9.59 Å². The summed E-state index contributed by atoms with van der Waals surface area (Å²) in [7, 11) is 0. The van der Waals surface area contributed by atoms with Gasteiger partial charge in [-0.15, -0.1) is 0 Å². The largest absolute Gasteiger partial charge is 0.426 e. The number of carbonyl (C=O) groups is 2. The molecule has 0 aromatic heterocycles. The number of hydrogen-bond acceptors (Lipinski definition) is 3. The summed E-state index contributed by atoms with van der Waals surface area (Å²) in [6, 6.07) is 13.1. The first kappa shape index (κ1) is 16.2. The summed E-state index contributed by atoms with van der Waals surface area (Å²) in [5, 5.41) is 2.88. The van der Waals surface area contributed by atoms with Crippen LogP contribution in [0.3, 0.4) is 0 Å². The van der Waals surface area contributed by atoms with Crippen molar-refractivity contribution < 1.29 is 18.7 Å². The molecule has 2 aromatic rings. The van der Waals surface area contributed by atoms with Gasteiger partial charge in [0.25, 0.3) is 5.91 Å². The molecule has 1 amide bonds. The second-order valence-electron chi connectivity index (χ2n) is 5.84. The Bertz CT molecular complexity index is 756. The molecule has 0 radical (unpaired) electrons. The van der Waals surface area contributed by atoms with Gasteiger partial charge in [0.05, 0.1) is 6.42 Å². The van der Waals surface area contributed by atoms with Gasteiger partial charge in [0.15, 0.2) is 0 Å². The molecule has 0 spiro atoms. The highest BCUT2D eigenvalue weighted by Crippen LogP contribution is 2.20. The maximum absolute atomic E-state index is 13.5. The van der Waals surface area contributed by atoms with Crippen LogP contribution in [0.15, 0.2) is 48.5 Å². The van der Waals surface area contributed by atoms with Crippen LogP contribution >= 0.6 is 0 Å². The molecule has 1 aliphatic rings. The molecule has 0 aliphatic heterocycles. The molecular weight excluding hydrogens is 309 g/mol. The van der Waals surface area contributed by atoms with Crippen molar-refractivity contribution >= 4 is 11.9 Å². The lowest BCUT2D eigenvalue weighted by Crippen LogP contribution is -2.25. The van der Waals surface area contributed by atoms with Crippen LogP contribution in [0.5, 0.6) is 5.75 Å². The van der Waals surface area contributed by atoms with Crippen molar-refractivity contribution in [2.45, 2.75) is 31.7 Å². The Morgan fingerprint density at radius 3 is 2.67 bits per heavy atom. The number of benzene rings is 2. The van der Waals surface area contributed by atoms with Crippen molar-refractivity contribution in [2.75, 3.05) is 0 Å². The predicted octanol–water partition coefficient (Wildman–Crippen LogP) is 3.26. The van der Waals surface area contributed by atoms with Gasteiger partial charge in [-0.25, -0.2) is 4.39 Å². The van der Waals surface area contributed by atoms with Crippen LogP contribution in [0.25, 0.3) is 0 Å². The highest BCUT2D eigenvalue weighted by molar-refractivity contribution is 5.95. The van der Waals surface area contributed by atoms with Gasteiger partial charge in [0, 0.05) is 11.6 Å². The first-order valence-corrected chi connectivity index (χ1v) is 7.97. The zero-order valence-electron chi connectivity index (χ0n) is 13.1. The highest BCUT2D eigenvalue weighted by Gasteiger charge is 2.23. The molecule has 24 heavy (non-hydrogen) atoms. The number of carbonyl (C=O) groups excluding carboxylic acids is 2. The number of ether oxygens (including phenoxy) is 1. The number of amides is 1. The van der Waals surface area contributed by atoms with E-state index in [1.807, 2.05) is 0 Å². The summed E-state index contributed by atoms with van der Waals surface area (Å²) in [6.07, 6.45) is 2.36. The lowest BCUT2D eigenvalue weighted by atomic mass is 10.1. The Hall–Kier alpha value is -2.69. The summed E-state index contributed by atoms with van der Waals surface area (Å²) >= 11 is 0. The summed E-state index contributed by atoms with van der Waals surface area (Å²) in [4.78, 5) is 23.9. The van der Waals surface area contributed by atoms with Crippen LogP contribution in [0.1, 0.15) is 35.2 Å². The summed E-state index contributed by atoms with van der Waals surface area (Å²) in [5.74, 6) is -0.638. The highest BCUT2D eigenvalue weighted by atomic mass is 19.1. The zero-order chi connectivity index (χ0) is 16.9. The van der Waals surface area contributed by atoms with Gasteiger partial charge in [0.2, 0.25) is 0 Å². The second-order valence-corrected chi connectivity index (χ2v) is 5.84.